The predicted octanol–water partition coefficient (Wildman–Crippen LogP) is 4.09. The van der Waals surface area contributed by atoms with E-state index in [1.54, 1.807) is 36.4 Å². The lowest BCUT2D eigenvalue weighted by Gasteiger charge is -2.22. The lowest BCUT2D eigenvalue weighted by Crippen LogP contribution is -2.35. The molecule has 0 fully saturated rings. The number of para-hydroxylation sites is 1. The lowest BCUT2D eigenvalue weighted by atomic mass is 10.2. The van der Waals surface area contributed by atoms with Crippen molar-refractivity contribution in [2.45, 2.75) is 4.90 Å². The quantitative estimate of drug-likeness (QED) is 0.383. The van der Waals surface area contributed by atoms with Crippen LogP contribution in [0.15, 0.2) is 90.3 Å². The van der Waals surface area contributed by atoms with E-state index in [0.29, 0.717) is 9.27 Å². The fraction of sp³-hybridized carbons (Fsp3) is 0. The molecule has 0 heterocycles. The molecule has 10 heteroatoms. The molecule has 0 amide bonds. The second-order valence-electron chi connectivity index (χ2n) is 5.89. The Labute approximate surface area is 176 Å². The summed E-state index contributed by atoms with van der Waals surface area (Å²) in [5, 5.41) is 10.9. The molecular formula is C20H16N2O6S2. The Morgan fingerprint density at radius 1 is 0.967 bits per heavy atom. The Balaban J connectivity index is 2.06. The van der Waals surface area contributed by atoms with Crippen LogP contribution in [0.5, 0.6) is 5.75 Å². The summed E-state index contributed by atoms with van der Waals surface area (Å²) in [4.78, 5) is 10.2. The first kappa shape index (κ1) is 21.2. The first-order valence-corrected chi connectivity index (χ1v) is 11.0. The van der Waals surface area contributed by atoms with Gasteiger partial charge < -0.3 is 4.18 Å². The van der Waals surface area contributed by atoms with E-state index in [9.17, 15) is 22.7 Å². The third-order valence-electron chi connectivity index (χ3n) is 3.95. The molecule has 0 radical (unpaired) electrons. The summed E-state index contributed by atoms with van der Waals surface area (Å²) >= 11 is -2.50. The van der Waals surface area contributed by atoms with Crippen molar-refractivity contribution in [2.24, 2.45) is 0 Å². The van der Waals surface area contributed by atoms with Crippen molar-refractivity contribution in [1.29, 1.82) is 0 Å². The molecule has 0 saturated heterocycles. The van der Waals surface area contributed by atoms with E-state index in [0.717, 1.165) is 12.1 Å². The van der Waals surface area contributed by atoms with Gasteiger partial charge in [-0.2, -0.15) is 12.6 Å². The summed E-state index contributed by atoms with van der Waals surface area (Å²) in [7, 11) is -4.33. The van der Waals surface area contributed by atoms with E-state index >= 15 is 0 Å². The minimum Gasteiger partial charge on any atom is -0.384 e. The summed E-state index contributed by atoms with van der Waals surface area (Å²) in [6.07, 6.45) is 1.56. The summed E-state index contributed by atoms with van der Waals surface area (Å²) in [6.45, 7) is 3.62. The highest BCUT2D eigenvalue weighted by Crippen LogP contribution is 2.29. The molecule has 1 unspecified atom stereocenters. The van der Waals surface area contributed by atoms with Crippen molar-refractivity contribution >= 4 is 38.7 Å². The van der Waals surface area contributed by atoms with Crippen LogP contribution in [-0.4, -0.2) is 17.6 Å². The minimum absolute atomic E-state index is 0.0531. The van der Waals surface area contributed by atoms with Crippen LogP contribution in [0.25, 0.3) is 6.08 Å². The van der Waals surface area contributed by atoms with Gasteiger partial charge in [0.15, 0.2) is 0 Å². The van der Waals surface area contributed by atoms with Gasteiger partial charge in [-0.3, -0.25) is 10.1 Å². The second kappa shape index (κ2) is 8.89. The van der Waals surface area contributed by atoms with Crippen LogP contribution in [0.1, 0.15) is 5.56 Å². The van der Waals surface area contributed by atoms with Crippen molar-refractivity contribution in [3.05, 3.63) is 101 Å². The monoisotopic (exact) mass is 444 g/mol. The molecule has 0 spiro atoms. The van der Waals surface area contributed by atoms with Crippen molar-refractivity contribution in [3.63, 3.8) is 0 Å². The third-order valence-corrected chi connectivity index (χ3v) is 7.24. The first-order valence-electron chi connectivity index (χ1n) is 8.50. The smallest absolute Gasteiger partial charge is 0.333 e. The van der Waals surface area contributed by atoms with Crippen LogP contribution in [0, 0.1) is 10.1 Å². The average molecular weight is 444 g/mol. The predicted molar refractivity (Wildman–Crippen MR) is 115 cm³/mol. The van der Waals surface area contributed by atoms with Crippen LogP contribution >= 0.6 is 0 Å². The summed E-state index contributed by atoms with van der Waals surface area (Å²) in [5.74, 6) is 0.194. The third kappa shape index (κ3) is 4.56. The van der Waals surface area contributed by atoms with Crippen molar-refractivity contribution in [3.8, 4) is 5.75 Å². The van der Waals surface area contributed by atoms with Crippen LogP contribution in [0.2, 0.25) is 0 Å². The van der Waals surface area contributed by atoms with Gasteiger partial charge in [0.2, 0.25) is 0 Å². The Morgan fingerprint density at radius 2 is 1.57 bits per heavy atom. The molecule has 30 heavy (non-hydrogen) atoms. The molecule has 0 aliphatic carbocycles. The highest BCUT2D eigenvalue weighted by atomic mass is 32.3. The maximum absolute atomic E-state index is 13.3. The Bertz CT molecular complexity index is 1180. The number of nitro benzene ring substituents is 1. The maximum Gasteiger partial charge on any atom is 0.333 e. The van der Waals surface area contributed by atoms with Gasteiger partial charge in [0.25, 0.3) is 15.7 Å². The molecule has 0 aliphatic rings. The molecule has 1 atom stereocenters. The van der Waals surface area contributed by atoms with E-state index in [1.807, 2.05) is 0 Å². The zero-order chi connectivity index (χ0) is 21.7. The highest BCUT2D eigenvalue weighted by molar-refractivity contribution is 8.06. The van der Waals surface area contributed by atoms with Gasteiger partial charge in [0.1, 0.15) is 5.75 Å². The number of anilines is 1. The Kier molecular flexibility index (Phi) is 6.28. The van der Waals surface area contributed by atoms with Gasteiger partial charge >= 0.3 is 11.3 Å². The zero-order valence-electron chi connectivity index (χ0n) is 15.5. The van der Waals surface area contributed by atoms with Gasteiger partial charge in [-0.1, -0.05) is 43.0 Å². The van der Waals surface area contributed by atoms with Gasteiger partial charge in [0.05, 0.1) is 15.5 Å². The van der Waals surface area contributed by atoms with Crippen molar-refractivity contribution in [1.82, 2.24) is 0 Å². The SMILES string of the molecule is C=Cc1ccc(S(=O)(=O)N(c2ccc([N+](=O)[O-])cc2)S(=O)Oc2ccccc2)cc1. The number of hydrogen-bond acceptors (Lipinski definition) is 6. The number of rotatable bonds is 8. The summed E-state index contributed by atoms with van der Waals surface area (Å²) < 4.78 is 45.4. The number of sulfonamides is 1. The molecule has 0 N–H and O–H groups in total. The molecule has 8 nitrogen and oxygen atoms in total. The van der Waals surface area contributed by atoms with E-state index in [1.165, 1.54) is 36.4 Å². The molecule has 0 bridgehead atoms. The van der Waals surface area contributed by atoms with Crippen LogP contribution in [-0.2, 0) is 21.3 Å². The van der Waals surface area contributed by atoms with Crippen molar-refractivity contribution < 1.29 is 21.7 Å². The van der Waals surface area contributed by atoms with Crippen molar-refractivity contribution in [2.75, 3.05) is 3.71 Å². The van der Waals surface area contributed by atoms with Gasteiger partial charge in [-0.05, 0) is 42.0 Å². The number of nitrogens with zero attached hydrogens (tertiary/aromatic N) is 2. The topological polar surface area (TPSA) is 107 Å². The number of nitro groups is 1. The molecule has 0 aliphatic heterocycles. The normalized spacial score (nSPS) is 12.0. The van der Waals surface area contributed by atoms with E-state index < -0.39 is 26.2 Å². The average Bonchev–Trinajstić information content (AvgIpc) is 2.75. The standard InChI is InChI=1S/C20H16N2O6S2/c1-2-16-8-14-20(15-9-16)30(26,27)22(18-12-10-17(11-13-18)21(23)24)29(25)28-19-6-4-3-5-7-19/h2-15H,1H2. The summed E-state index contributed by atoms with van der Waals surface area (Å²) in [6, 6.07) is 18.5. The number of non-ortho nitro benzene ring substituents is 1. The first-order chi connectivity index (χ1) is 14.3. The van der Waals surface area contributed by atoms with Crippen LogP contribution in [0.4, 0.5) is 11.4 Å². The molecule has 3 aromatic carbocycles. The van der Waals surface area contributed by atoms with Gasteiger partial charge in [-0.25, -0.2) is 0 Å². The van der Waals surface area contributed by atoms with E-state index in [2.05, 4.69) is 6.58 Å². The molecule has 0 aromatic heterocycles. The molecule has 0 saturated carbocycles. The Hall–Kier alpha value is -3.50. The van der Waals surface area contributed by atoms with E-state index in [4.69, 9.17) is 4.18 Å². The molecular weight excluding hydrogens is 428 g/mol. The zero-order valence-corrected chi connectivity index (χ0v) is 17.1. The molecule has 3 aromatic rings. The fourth-order valence-electron chi connectivity index (χ4n) is 2.46. The molecule has 154 valence electrons. The maximum atomic E-state index is 13.3. The van der Waals surface area contributed by atoms with Gasteiger partial charge in [-0.15, -0.1) is 3.71 Å². The summed E-state index contributed by atoms with van der Waals surface area (Å²) in [5.41, 5.74) is 0.418. The largest absolute Gasteiger partial charge is 0.384 e. The van der Waals surface area contributed by atoms with Crippen LogP contribution < -0.4 is 7.89 Å². The van der Waals surface area contributed by atoms with Crippen LogP contribution in [0.3, 0.4) is 0 Å². The second-order valence-corrected chi connectivity index (χ2v) is 8.88. The number of hydrogen-bond donors (Lipinski definition) is 0. The fourth-order valence-corrected chi connectivity index (χ4v) is 5.16. The number of benzene rings is 3. The highest BCUT2D eigenvalue weighted by Gasteiger charge is 2.32. The lowest BCUT2D eigenvalue weighted by molar-refractivity contribution is -0.384. The minimum atomic E-state index is -4.33. The van der Waals surface area contributed by atoms with E-state index in [-0.39, 0.29) is 22.0 Å². The molecule has 3 rings (SSSR count). The van der Waals surface area contributed by atoms with Gasteiger partial charge in [0, 0.05) is 12.1 Å². The Morgan fingerprint density at radius 3 is 2.10 bits per heavy atom.